The molecular formula is C16H10BrClFN3O. The number of fused-ring (bicyclic) bond motifs is 1. The molecule has 7 heteroatoms. The summed E-state index contributed by atoms with van der Waals surface area (Å²) in [5.74, 6) is -0.738. The lowest BCUT2D eigenvalue weighted by Gasteiger charge is -1.98. The van der Waals surface area contributed by atoms with Crippen LogP contribution in [-0.2, 0) is 0 Å². The Kier molecular flexibility index (Phi) is 4.45. The molecule has 0 saturated heterocycles. The van der Waals surface area contributed by atoms with Crippen molar-refractivity contribution in [2.75, 3.05) is 0 Å². The molecule has 0 saturated carbocycles. The molecule has 0 spiro atoms. The van der Waals surface area contributed by atoms with Crippen molar-refractivity contribution in [2.24, 2.45) is 5.10 Å². The summed E-state index contributed by atoms with van der Waals surface area (Å²) in [5, 5.41) is 5.30. The van der Waals surface area contributed by atoms with Gasteiger partial charge in [0.25, 0.3) is 5.91 Å². The van der Waals surface area contributed by atoms with Gasteiger partial charge in [0.05, 0.1) is 10.7 Å². The van der Waals surface area contributed by atoms with Gasteiger partial charge in [-0.1, -0.05) is 17.7 Å². The first-order valence-corrected chi connectivity index (χ1v) is 7.77. The van der Waals surface area contributed by atoms with Gasteiger partial charge in [-0.25, -0.2) is 9.82 Å². The monoisotopic (exact) mass is 393 g/mol. The largest absolute Gasteiger partial charge is 0.350 e. The lowest BCUT2D eigenvalue weighted by molar-refractivity contribution is 0.0951. The number of rotatable bonds is 3. The summed E-state index contributed by atoms with van der Waals surface area (Å²) < 4.78 is 13.5. The molecule has 0 unspecified atom stereocenters. The van der Waals surface area contributed by atoms with Gasteiger partial charge in [-0.3, -0.25) is 4.79 Å². The quantitative estimate of drug-likeness (QED) is 0.499. The van der Waals surface area contributed by atoms with E-state index in [9.17, 15) is 9.18 Å². The Bertz CT molecular complexity index is 923. The molecule has 4 nitrogen and oxygen atoms in total. The number of halogens is 3. The van der Waals surface area contributed by atoms with E-state index < -0.39 is 0 Å². The smallest absolute Gasteiger partial charge is 0.287 e. The number of aromatic amines is 1. The number of carbonyl (C=O) groups is 1. The van der Waals surface area contributed by atoms with E-state index in [4.69, 9.17) is 11.6 Å². The van der Waals surface area contributed by atoms with E-state index in [0.717, 1.165) is 10.9 Å². The van der Waals surface area contributed by atoms with Crippen molar-refractivity contribution < 1.29 is 9.18 Å². The van der Waals surface area contributed by atoms with Crippen molar-refractivity contribution in [1.82, 2.24) is 10.4 Å². The first-order valence-electron chi connectivity index (χ1n) is 6.59. The minimum absolute atomic E-state index is 0.334. The Balaban J connectivity index is 1.72. The normalized spacial score (nSPS) is 11.3. The molecule has 2 aromatic carbocycles. The number of aromatic nitrogens is 1. The summed E-state index contributed by atoms with van der Waals surface area (Å²) in [6, 6.07) is 11.4. The molecule has 0 radical (unpaired) electrons. The Hall–Kier alpha value is -2.18. The molecule has 1 amide bonds. The second-order valence-corrected chi connectivity index (χ2v) is 6.08. The standard InChI is InChI=1S/C16H10BrClFN3O/c17-12-5-9(1-3-13(12)19)8-20-22-16(23)15-7-10-6-11(18)2-4-14(10)21-15/h1-8,21H,(H,22,23)/b20-8+. The van der Waals surface area contributed by atoms with Gasteiger partial charge < -0.3 is 4.98 Å². The van der Waals surface area contributed by atoms with Gasteiger partial charge in [0, 0.05) is 15.9 Å². The molecule has 3 aromatic rings. The first kappa shape index (κ1) is 15.7. The van der Waals surface area contributed by atoms with E-state index >= 15 is 0 Å². The molecule has 2 N–H and O–H groups in total. The number of benzene rings is 2. The molecule has 1 heterocycles. The van der Waals surface area contributed by atoms with Crippen LogP contribution < -0.4 is 5.43 Å². The average molecular weight is 395 g/mol. The van der Waals surface area contributed by atoms with Crippen molar-refractivity contribution >= 4 is 50.6 Å². The highest BCUT2D eigenvalue weighted by Gasteiger charge is 2.08. The maximum absolute atomic E-state index is 13.1. The van der Waals surface area contributed by atoms with Gasteiger partial charge in [-0.05, 0) is 57.9 Å². The minimum Gasteiger partial charge on any atom is -0.350 e. The molecule has 0 atom stereocenters. The van der Waals surface area contributed by atoms with Crippen molar-refractivity contribution in [3.8, 4) is 0 Å². The fourth-order valence-electron chi connectivity index (χ4n) is 2.04. The number of nitrogens with zero attached hydrogens (tertiary/aromatic N) is 1. The predicted molar refractivity (Wildman–Crippen MR) is 92.5 cm³/mol. The third-order valence-electron chi connectivity index (χ3n) is 3.15. The zero-order valence-electron chi connectivity index (χ0n) is 11.6. The summed E-state index contributed by atoms with van der Waals surface area (Å²) in [6.07, 6.45) is 1.43. The average Bonchev–Trinajstić information content (AvgIpc) is 2.94. The van der Waals surface area contributed by atoms with Gasteiger partial charge in [-0.2, -0.15) is 5.10 Å². The minimum atomic E-state index is -0.380. The summed E-state index contributed by atoms with van der Waals surface area (Å²) in [7, 11) is 0. The maximum atomic E-state index is 13.1. The molecule has 116 valence electrons. The van der Waals surface area contributed by atoms with Crippen LogP contribution in [-0.4, -0.2) is 17.1 Å². The molecule has 3 rings (SSSR count). The van der Waals surface area contributed by atoms with Crippen LogP contribution in [0.15, 0.2) is 52.0 Å². The van der Waals surface area contributed by atoms with Crippen LogP contribution in [0.4, 0.5) is 4.39 Å². The Morgan fingerprint density at radius 2 is 2.09 bits per heavy atom. The van der Waals surface area contributed by atoms with Crippen molar-refractivity contribution in [3.05, 3.63) is 69.0 Å². The SMILES string of the molecule is O=C(N/N=C/c1ccc(F)c(Br)c1)c1cc2cc(Cl)ccc2[nH]1. The third-order valence-corrected chi connectivity index (χ3v) is 3.99. The molecule has 0 aliphatic heterocycles. The zero-order chi connectivity index (χ0) is 16.4. The van der Waals surface area contributed by atoms with E-state index in [1.54, 1.807) is 36.4 Å². The Morgan fingerprint density at radius 3 is 2.87 bits per heavy atom. The third kappa shape index (κ3) is 3.60. The summed E-state index contributed by atoms with van der Waals surface area (Å²) in [4.78, 5) is 15.0. The van der Waals surface area contributed by atoms with Crippen molar-refractivity contribution in [1.29, 1.82) is 0 Å². The molecule has 0 bridgehead atoms. The first-order chi connectivity index (χ1) is 11.0. The molecule has 0 aliphatic carbocycles. The maximum Gasteiger partial charge on any atom is 0.287 e. The van der Waals surface area contributed by atoms with Crippen molar-refractivity contribution in [2.45, 2.75) is 0 Å². The van der Waals surface area contributed by atoms with Gasteiger partial charge in [-0.15, -0.1) is 0 Å². The van der Waals surface area contributed by atoms with Crippen LogP contribution in [0.25, 0.3) is 10.9 Å². The number of nitrogens with one attached hydrogen (secondary N) is 2. The lowest BCUT2D eigenvalue weighted by Crippen LogP contribution is -2.17. The number of H-pyrrole nitrogens is 1. The number of amides is 1. The van der Waals surface area contributed by atoms with E-state index in [1.165, 1.54) is 12.3 Å². The van der Waals surface area contributed by atoms with Crippen molar-refractivity contribution in [3.63, 3.8) is 0 Å². The van der Waals surface area contributed by atoms with Crippen LogP contribution >= 0.6 is 27.5 Å². The molecular weight excluding hydrogens is 385 g/mol. The van der Waals surface area contributed by atoms with E-state index in [0.29, 0.717) is 20.8 Å². The fraction of sp³-hybridized carbons (Fsp3) is 0. The number of hydrogen-bond donors (Lipinski definition) is 2. The van der Waals surface area contributed by atoms with E-state index in [2.05, 4.69) is 31.4 Å². The van der Waals surface area contributed by atoms with Crippen LogP contribution in [0.2, 0.25) is 5.02 Å². The topological polar surface area (TPSA) is 57.2 Å². The van der Waals surface area contributed by atoms with Crippen LogP contribution in [0.3, 0.4) is 0 Å². The van der Waals surface area contributed by atoms with Gasteiger partial charge in [0.15, 0.2) is 0 Å². The second-order valence-electron chi connectivity index (χ2n) is 4.79. The van der Waals surface area contributed by atoms with Gasteiger partial charge in [0.1, 0.15) is 11.5 Å². The number of carbonyl (C=O) groups excluding carboxylic acids is 1. The Labute approximate surface area is 144 Å². The number of hydrazone groups is 1. The van der Waals surface area contributed by atoms with Crippen LogP contribution in [0.5, 0.6) is 0 Å². The summed E-state index contributed by atoms with van der Waals surface area (Å²) in [6.45, 7) is 0. The second kappa shape index (κ2) is 6.52. The van der Waals surface area contributed by atoms with Gasteiger partial charge >= 0.3 is 0 Å². The number of hydrogen-bond acceptors (Lipinski definition) is 2. The summed E-state index contributed by atoms with van der Waals surface area (Å²) in [5.41, 5.74) is 4.25. The highest BCUT2D eigenvalue weighted by Crippen LogP contribution is 2.20. The fourth-order valence-corrected chi connectivity index (χ4v) is 2.62. The van der Waals surface area contributed by atoms with E-state index in [1.807, 2.05) is 0 Å². The highest BCUT2D eigenvalue weighted by atomic mass is 79.9. The lowest BCUT2D eigenvalue weighted by atomic mass is 10.2. The molecule has 1 aromatic heterocycles. The molecule has 0 aliphatic rings. The van der Waals surface area contributed by atoms with Crippen LogP contribution in [0.1, 0.15) is 16.1 Å². The summed E-state index contributed by atoms with van der Waals surface area (Å²) >= 11 is 9.00. The van der Waals surface area contributed by atoms with E-state index in [-0.39, 0.29) is 11.7 Å². The molecule has 0 fully saturated rings. The Morgan fingerprint density at radius 1 is 1.26 bits per heavy atom. The van der Waals surface area contributed by atoms with Gasteiger partial charge in [0.2, 0.25) is 0 Å². The molecule has 23 heavy (non-hydrogen) atoms. The zero-order valence-corrected chi connectivity index (χ0v) is 14.0. The highest BCUT2D eigenvalue weighted by molar-refractivity contribution is 9.10. The van der Waals surface area contributed by atoms with Crippen LogP contribution in [0, 0.1) is 5.82 Å². The predicted octanol–water partition coefficient (Wildman–Crippen LogP) is 4.49.